The van der Waals surface area contributed by atoms with Gasteiger partial charge < -0.3 is 10.5 Å². The molecular formula is C13H7FN4OS. The minimum atomic E-state index is -0.635. The maximum absolute atomic E-state index is 13.8. The van der Waals surface area contributed by atoms with Crippen LogP contribution in [-0.4, -0.2) is 9.97 Å². The smallest absolute Gasteiger partial charge is 0.233 e. The first-order chi connectivity index (χ1) is 9.67. The monoisotopic (exact) mass is 286 g/mol. The fraction of sp³-hybridized carbons (Fsp3) is 0. The van der Waals surface area contributed by atoms with E-state index < -0.39 is 5.82 Å². The van der Waals surface area contributed by atoms with Crippen molar-refractivity contribution in [2.45, 2.75) is 0 Å². The fourth-order valence-electron chi connectivity index (χ4n) is 1.68. The number of hydrogen-bond acceptors (Lipinski definition) is 6. The number of benzene rings is 1. The van der Waals surface area contributed by atoms with Crippen molar-refractivity contribution in [2.75, 3.05) is 5.73 Å². The summed E-state index contributed by atoms with van der Waals surface area (Å²) in [7, 11) is 0. The Labute approximate surface area is 117 Å². The van der Waals surface area contributed by atoms with E-state index in [2.05, 4.69) is 9.97 Å². The highest BCUT2D eigenvalue weighted by Crippen LogP contribution is 2.32. The summed E-state index contributed by atoms with van der Waals surface area (Å²) in [6.45, 7) is 0. The molecule has 0 saturated carbocycles. The van der Waals surface area contributed by atoms with E-state index in [4.69, 9.17) is 15.7 Å². The van der Waals surface area contributed by atoms with Crippen molar-refractivity contribution < 1.29 is 9.13 Å². The lowest BCUT2D eigenvalue weighted by molar-refractivity contribution is 0.432. The van der Waals surface area contributed by atoms with Gasteiger partial charge in [-0.15, -0.1) is 11.3 Å². The third-order valence-corrected chi connectivity index (χ3v) is 3.38. The van der Waals surface area contributed by atoms with E-state index in [1.807, 2.05) is 11.4 Å². The Hall–Kier alpha value is -2.72. The van der Waals surface area contributed by atoms with Gasteiger partial charge in [0, 0.05) is 0 Å². The molecule has 0 atom stereocenters. The van der Waals surface area contributed by atoms with E-state index in [1.54, 1.807) is 6.07 Å². The van der Waals surface area contributed by atoms with Crippen LogP contribution in [0.3, 0.4) is 0 Å². The molecule has 0 radical (unpaired) electrons. The number of hydrogen-bond donors (Lipinski definition) is 1. The van der Waals surface area contributed by atoms with Gasteiger partial charge in [0.1, 0.15) is 4.83 Å². The zero-order chi connectivity index (χ0) is 14.1. The molecule has 0 aliphatic heterocycles. The van der Waals surface area contributed by atoms with Crippen molar-refractivity contribution in [2.24, 2.45) is 0 Å². The Balaban J connectivity index is 2.05. The second kappa shape index (κ2) is 4.75. The Kier molecular flexibility index (Phi) is 2.93. The molecule has 0 aliphatic rings. The van der Waals surface area contributed by atoms with Gasteiger partial charge in [0.2, 0.25) is 11.8 Å². The van der Waals surface area contributed by atoms with Gasteiger partial charge in [-0.1, -0.05) is 0 Å². The number of nitrogens with two attached hydrogens (primary N) is 1. The molecule has 3 aromatic rings. The molecule has 0 spiro atoms. The van der Waals surface area contributed by atoms with Crippen LogP contribution in [0.25, 0.3) is 10.2 Å². The molecule has 5 nitrogen and oxygen atoms in total. The minimum Gasteiger partial charge on any atom is -0.435 e. The molecule has 0 bridgehead atoms. The van der Waals surface area contributed by atoms with E-state index in [0.717, 1.165) is 6.07 Å². The summed E-state index contributed by atoms with van der Waals surface area (Å²) in [6, 6.07) is 7.58. The number of fused-ring (bicyclic) bond motifs is 1. The number of ether oxygens (including phenoxy) is 1. The molecule has 20 heavy (non-hydrogen) atoms. The quantitative estimate of drug-likeness (QED) is 0.782. The number of nitriles is 1. The van der Waals surface area contributed by atoms with Gasteiger partial charge in [0.15, 0.2) is 11.6 Å². The molecule has 2 heterocycles. The van der Waals surface area contributed by atoms with Gasteiger partial charge in [-0.3, -0.25) is 0 Å². The van der Waals surface area contributed by atoms with Crippen molar-refractivity contribution in [1.82, 2.24) is 9.97 Å². The number of thiophene rings is 1. The van der Waals surface area contributed by atoms with Gasteiger partial charge in [0.05, 0.1) is 17.0 Å². The number of rotatable bonds is 2. The van der Waals surface area contributed by atoms with E-state index in [0.29, 0.717) is 10.2 Å². The molecule has 2 N–H and O–H groups in total. The predicted molar refractivity (Wildman–Crippen MR) is 73.0 cm³/mol. The Bertz CT molecular complexity index is 840. The molecule has 98 valence electrons. The van der Waals surface area contributed by atoms with Gasteiger partial charge >= 0.3 is 0 Å². The summed E-state index contributed by atoms with van der Waals surface area (Å²) in [5, 5.41) is 11.2. The molecule has 0 aliphatic carbocycles. The normalized spacial score (nSPS) is 10.4. The lowest BCUT2D eigenvalue weighted by Crippen LogP contribution is -1.98. The second-order valence-corrected chi connectivity index (χ2v) is 4.78. The molecule has 2 aromatic heterocycles. The molecule has 1 aromatic carbocycles. The number of anilines is 1. The van der Waals surface area contributed by atoms with Crippen LogP contribution in [0.15, 0.2) is 29.6 Å². The van der Waals surface area contributed by atoms with Crippen LogP contribution in [0.2, 0.25) is 0 Å². The Morgan fingerprint density at radius 3 is 2.90 bits per heavy atom. The largest absolute Gasteiger partial charge is 0.435 e. The number of aromatic nitrogens is 2. The van der Waals surface area contributed by atoms with Crippen molar-refractivity contribution in [3.8, 4) is 17.7 Å². The maximum Gasteiger partial charge on any atom is 0.233 e. The molecular weight excluding hydrogens is 279 g/mol. The zero-order valence-electron chi connectivity index (χ0n) is 10.0. The van der Waals surface area contributed by atoms with Crippen molar-refractivity contribution in [1.29, 1.82) is 5.26 Å². The second-order valence-electron chi connectivity index (χ2n) is 3.89. The van der Waals surface area contributed by atoms with Gasteiger partial charge in [-0.2, -0.15) is 10.2 Å². The van der Waals surface area contributed by atoms with Gasteiger partial charge in [-0.25, -0.2) is 9.37 Å². The van der Waals surface area contributed by atoms with Crippen LogP contribution >= 0.6 is 11.3 Å². The first-order valence-electron chi connectivity index (χ1n) is 5.55. The highest BCUT2D eigenvalue weighted by atomic mass is 32.1. The summed E-state index contributed by atoms with van der Waals surface area (Å²) in [5.41, 5.74) is 5.81. The van der Waals surface area contributed by atoms with Gasteiger partial charge in [0.25, 0.3) is 0 Å². The molecule has 0 amide bonds. The molecule has 0 fully saturated rings. The average Bonchev–Trinajstić information content (AvgIpc) is 2.89. The molecule has 7 heteroatoms. The van der Waals surface area contributed by atoms with Crippen molar-refractivity contribution in [3.05, 3.63) is 41.0 Å². The predicted octanol–water partition coefficient (Wildman–Crippen LogP) is 3.08. The van der Waals surface area contributed by atoms with Crippen LogP contribution in [0, 0.1) is 17.1 Å². The standard InChI is InChI=1S/C13H7FN4OS/c14-9-5-7(6-15)1-2-10(9)19-11-8-3-4-20-12(8)18-13(16)17-11/h1-5H,(H2,16,17,18). The topological polar surface area (TPSA) is 84.8 Å². The lowest BCUT2D eigenvalue weighted by atomic mass is 10.2. The third kappa shape index (κ3) is 2.13. The first-order valence-corrected chi connectivity index (χ1v) is 6.43. The van der Waals surface area contributed by atoms with Crippen LogP contribution in [-0.2, 0) is 0 Å². The summed E-state index contributed by atoms with van der Waals surface area (Å²) in [5.74, 6) is -0.402. The van der Waals surface area contributed by atoms with Crippen molar-refractivity contribution >= 4 is 27.5 Å². The SMILES string of the molecule is N#Cc1ccc(Oc2nc(N)nc3sccc23)c(F)c1. The Morgan fingerprint density at radius 2 is 2.15 bits per heavy atom. The van der Waals surface area contributed by atoms with E-state index in [-0.39, 0.29) is 23.1 Å². The highest BCUT2D eigenvalue weighted by Gasteiger charge is 2.12. The molecule has 0 unspecified atom stereocenters. The summed E-state index contributed by atoms with van der Waals surface area (Å²) < 4.78 is 19.3. The summed E-state index contributed by atoms with van der Waals surface area (Å²) in [4.78, 5) is 8.70. The van der Waals surface area contributed by atoms with Crippen molar-refractivity contribution in [3.63, 3.8) is 0 Å². The fourth-order valence-corrected chi connectivity index (χ4v) is 2.44. The van der Waals surface area contributed by atoms with Crippen LogP contribution in [0.5, 0.6) is 11.6 Å². The van der Waals surface area contributed by atoms with Crippen LogP contribution in [0.1, 0.15) is 5.56 Å². The van der Waals surface area contributed by atoms with Gasteiger partial charge in [-0.05, 0) is 29.6 Å². The van der Waals surface area contributed by atoms with E-state index in [9.17, 15) is 4.39 Å². The maximum atomic E-state index is 13.8. The van der Waals surface area contributed by atoms with Crippen LogP contribution in [0.4, 0.5) is 10.3 Å². The van der Waals surface area contributed by atoms with Crippen LogP contribution < -0.4 is 10.5 Å². The average molecular weight is 286 g/mol. The number of halogens is 1. The summed E-state index contributed by atoms with van der Waals surface area (Å²) in [6.07, 6.45) is 0. The highest BCUT2D eigenvalue weighted by molar-refractivity contribution is 7.16. The first kappa shape index (κ1) is 12.3. The summed E-state index contributed by atoms with van der Waals surface area (Å²) >= 11 is 1.39. The molecule has 0 saturated heterocycles. The van der Waals surface area contributed by atoms with E-state index in [1.165, 1.54) is 23.5 Å². The minimum absolute atomic E-state index is 0.0189. The number of nitrogens with zero attached hydrogens (tertiary/aromatic N) is 3. The lowest BCUT2D eigenvalue weighted by Gasteiger charge is -2.07. The third-order valence-electron chi connectivity index (χ3n) is 2.57. The molecule has 3 rings (SSSR count). The zero-order valence-corrected chi connectivity index (χ0v) is 10.8. The van der Waals surface area contributed by atoms with E-state index >= 15 is 0 Å². The number of nitrogen functional groups attached to an aromatic ring is 1. The Morgan fingerprint density at radius 1 is 1.30 bits per heavy atom.